The number of carbonyl (C=O) groups is 2. The van der Waals surface area contributed by atoms with Gasteiger partial charge in [-0.15, -0.1) is 0 Å². The number of aliphatic imine (C=N–C) groups is 1. The molecule has 0 unspecified atom stereocenters. The number of hydrogen-bond acceptors (Lipinski definition) is 6. The second kappa shape index (κ2) is 6.23. The van der Waals surface area contributed by atoms with Crippen molar-refractivity contribution in [2.75, 3.05) is 12.4 Å². The number of carbonyl (C=O) groups excluding carboxylic acids is 2. The summed E-state index contributed by atoms with van der Waals surface area (Å²) in [6, 6.07) is 6.36. The number of methoxy groups -OCH3 is 1. The van der Waals surface area contributed by atoms with Gasteiger partial charge in [0.15, 0.2) is 0 Å². The maximum atomic E-state index is 12.6. The lowest BCUT2D eigenvalue weighted by Gasteiger charge is -2.32. The molecule has 1 atom stereocenters. The van der Waals surface area contributed by atoms with Crippen LogP contribution in [-0.2, 0) is 9.59 Å². The number of ether oxygens (including phenoxy) is 1. The van der Waals surface area contributed by atoms with Gasteiger partial charge in [-0.2, -0.15) is 4.99 Å². The largest absolute Gasteiger partial charge is 0.497 e. The Balaban J connectivity index is 1.80. The maximum Gasteiger partial charge on any atom is 0.249 e. The molecule has 1 aromatic rings. The molecule has 2 heterocycles. The van der Waals surface area contributed by atoms with Gasteiger partial charge in [-0.1, -0.05) is 6.07 Å². The van der Waals surface area contributed by atoms with Gasteiger partial charge in [-0.3, -0.25) is 20.3 Å². The van der Waals surface area contributed by atoms with Crippen molar-refractivity contribution < 1.29 is 14.3 Å². The zero-order valence-electron chi connectivity index (χ0n) is 13.7. The second-order valence-electron chi connectivity index (χ2n) is 5.76. The average Bonchev–Trinajstić information content (AvgIpc) is 2.98. The smallest absolute Gasteiger partial charge is 0.249 e. The molecular formula is C16H19N5O3. The van der Waals surface area contributed by atoms with Crippen LogP contribution in [0.5, 0.6) is 5.75 Å². The lowest BCUT2D eigenvalue weighted by molar-refractivity contribution is -0.129. The fourth-order valence-electron chi connectivity index (χ4n) is 2.47. The number of anilines is 1. The van der Waals surface area contributed by atoms with E-state index >= 15 is 0 Å². The minimum absolute atomic E-state index is 0.0395. The van der Waals surface area contributed by atoms with Crippen LogP contribution >= 0.6 is 0 Å². The summed E-state index contributed by atoms with van der Waals surface area (Å²) in [5.41, 5.74) is 4.62. The number of nitrogens with zero attached hydrogens (tertiary/aromatic N) is 2. The predicted molar refractivity (Wildman–Crippen MR) is 89.0 cm³/mol. The first-order chi connectivity index (χ1) is 11.5. The van der Waals surface area contributed by atoms with E-state index in [0.717, 1.165) is 5.57 Å². The van der Waals surface area contributed by atoms with Crippen molar-refractivity contribution in [3.05, 3.63) is 35.7 Å². The fourth-order valence-corrected chi connectivity index (χ4v) is 2.47. The van der Waals surface area contributed by atoms with E-state index in [1.54, 1.807) is 36.4 Å². The molecule has 0 saturated carbocycles. The Hall–Kier alpha value is -3.03. The number of fused-ring (bicyclic) bond motifs is 1. The summed E-state index contributed by atoms with van der Waals surface area (Å²) in [4.78, 5) is 28.8. The minimum Gasteiger partial charge on any atom is -0.497 e. The lowest BCUT2D eigenvalue weighted by atomic mass is 10.1. The van der Waals surface area contributed by atoms with Gasteiger partial charge < -0.3 is 10.1 Å². The Labute approximate surface area is 139 Å². The Bertz CT molecular complexity index is 752. The molecule has 8 nitrogen and oxygen atoms in total. The van der Waals surface area contributed by atoms with E-state index in [2.05, 4.69) is 21.1 Å². The van der Waals surface area contributed by atoms with Gasteiger partial charge in [0, 0.05) is 11.8 Å². The van der Waals surface area contributed by atoms with Crippen molar-refractivity contribution in [3.8, 4) is 5.75 Å². The van der Waals surface area contributed by atoms with Gasteiger partial charge in [0.1, 0.15) is 17.6 Å². The Kier molecular flexibility index (Phi) is 4.11. The first-order valence-electron chi connectivity index (χ1n) is 7.55. The standard InChI is InChI=1S/C16H19N5O3/c1-9(2)14-19-16-18-13(22)8-12(21(16)20-14)15(23)17-10-5-4-6-11(7-10)24-3/h4-7,12,20H,8H2,1-3H3,(H,17,23)(H,18,19,22)/t12-/m1/s1. The van der Waals surface area contributed by atoms with Crippen LogP contribution in [0.4, 0.5) is 5.69 Å². The summed E-state index contributed by atoms with van der Waals surface area (Å²) in [7, 11) is 1.56. The number of hydrazine groups is 1. The molecule has 1 fully saturated rings. The highest BCUT2D eigenvalue weighted by molar-refractivity contribution is 6.07. The molecule has 0 spiro atoms. The van der Waals surface area contributed by atoms with E-state index in [0.29, 0.717) is 23.2 Å². The summed E-state index contributed by atoms with van der Waals surface area (Å²) >= 11 is 0. The van der Waals surface area contributed by atoms with Crippen molar-refractivity contribution >= 4 is 23.5 Å². The minimum atomic E-state index is -0.694. The molecule has 126 valence electrons. The zero-order valence-corrected chi connectivity index (χ0v) is 13.7. The third-order valence-electron chi connectivity index (χ3n) is 3.73. The molecule has 1 saturated heterocycles. The van der Waals surface area contributed by atoms with Crippen molar-refractivity contribution in [1.29, 1.82) is 0 Å². The topological polar surface area (TPSA) is 95.1 Å². The molecular weight excluding hydrogens is 310 g/mol. The molecule has 2 amide bonds. The van der Waals surface area contributed by atoms with Gasteiger partial charge in [0.2, 0.25) is 17.8 Å². The highest BCUT2D eigenvalue weighted by Crippen LogP contribution is 2.21. The summed E-state index contributed by atoms with van der Waals surface area (Å²) in [6.07, 6.45) is 0.0395. The molecule has 0 aliphatic carbocycles. The second-order valence-corrected chi connectivity index (χ2v) is 5.76. The van der Waals surface area contributed by atoms with Crippen LogP contribution in [0.3, 0.4) is 0 Å². The molecule has 1 aromatic carbocycles. The van der Waals surface area contributed by atoms with E-state index in [1.165, 1.54) is 0 Å². The molecule has 2 aliphatic rings. The number of amides is 2. The molecule has 0 bridgehead atoms. The summed E-state index contributed by atoms with van der Waals surface area (Å²) in [6.45, 7) is 3.80. The summed E-state index contributed by atoms with van der Waals surface area (Å²) in [5.74, 6) is 1.07. The average molecular weight is 329 g/mol. The number of allylic oxidation sites excluding steroid dienone is 1. The Morgan fingerprint density at radius 2 is 2.21 bits per heavy atom. The monoisotopic (exact) mass is 329 g/mol. The molecule has 2 aliphatic heterocycles. The molecule has 3 N–H and O–H groups in total. The number of guanidine groups is 1. The summed E-state index contributed by atoms with van der Waals surface area (Å²) in [5, 5.41) is 7.06. The number of benzene rings is 1. The van der Waals surface area contributed by atoms with Crippen molar-refractivity contribution in [2.45, 2.75) is 26.3 Å². The van der Waals surface area contributed by atoms with E-state index in [9.17, 15) is 9.59 Å². The molecule has 0 radical (unpaired) electrons. The first kappa shape index (κ1) is 15.9. The highest BCUT2D eigenvalue weighted by atomic mass is 16.5. The van der Waals surface area contributed by atoms with E-state index < -0.39 is 6.04 Å². The lowest BCUT2D eigenvalue weighted by Crippen LogP contribution is -2.61. The molecule has 8 heteroatoms. The third-order valence-corrected chi connectivity index (χ3v) is 3.73. The van der Waals surface area contributed by atoms with Crippen LogP contribution in [0.25, 0.3) is 0 Å². The number of rotatable bonds is 3. The van der Waals surface area contributed by atoms with E-state index in [4.69, 9.17) is 4.74 Å². The van der Waals surface area contributed by atoms with Crippen molar-refractivity contribution in [1.82, 2.24) is 15.8 Å². The summed E-state index contributed by atoms with van der Waals surface area (Å²) < 4.78 is 5.15. The van der Waals surface area contributed by atoms with Crippen molar-refractivity contribution in [3.63, 3.8) is 0 Å². The van der Waals surface area contributed by atoms with Gasteiger partial charge in [0.25, 0.3) is 0 Å². The van der Waals surface area contributed by atoms with Gasteiger partial charge in [-0.25, -0.2) is 5.01 Å². The zero-order chi connectivity index (χ0) is 17.3. The Morgan fingerprint density at radius 3 is 2.92 bits per heavy atom. The number of hydrogen-bond donors (Lipinski definition) is 3. The van der Waals surface area contributed by atoms with Crippen LogP contribution in [0.15, 0.2) is 40.7 Å². The van der Waals surface area contributed by atoms with Crippen LogP contribution in [-0.4, -0.2) is 35.9 Å². The molecule has 3 rings (SSSR count). The quantitative estimate of drug-likeness (QED) is 0.767. The SMILES string of the molecule is COc1cccc(NC(=O)[C@H]2CC(=O)NC3=NC(=C(C)C)NN32)c1. The van der Waals surface area contributed by atoms with Crippen molar-refractivity contribution in [2.24, 2.45) is 4.99 Å². The molecule has 0 aromatic heterocycles. The number of nitrogens with one attached hydrogen (secondary N) is 3. The van der Waals surface area contributed by atoms with Crippen LogP contribution in [0, 0.1) is 0 Å². The normalized spacial score (nSPS) is 19.0. The van der Waals surface area contributed by atoms with E-state index in [-0.39, 0.29) is 18.2 Å². The van der Waals surface area contributed by atoms with Gasteiger partial charge >= 0.3 is 0 Å². The van der Waals surface area contributed by atoms with Gasteiger partial charge in [0.05, 0.1) is 13.5 Å². The third kappa shape index (κ3) is 3.03. The molecule has 24 heavy (non-hydrogen) atoms. The van der Waals surface area contributed by atoms with Crippen LogP contribution in [0.1, 0.15) is 20.3 Å². The maximum absolute atomic E-state index is 12.6. The van der Waals surface area contributed by atoms with Crippen LogP contribution < -0.4 is 20.8 Å². The van der Waals surface area contributed by atoms with Gasteiger partial charge in [-0.05, 0) is 31.6 Å². The predicted octanol–water partition coefficient (Wildman–Crippen LogP) is 0.950. The Morgan fingerprint density at radius 1 is 1.42 bits per heavy atom. The first-order valence-corrected chi connectivity index (χ1v) is 7.55. The van der Waals surface area contributed by atoms with E-state index in [1.807, 2.05) is 13.8 Å². The van der Waals surface area contributed by atoms with Crippen LogP contribution in [0.2, 0.25) is 0 Å². The highest BCUT2D eigenvalue weighted by Gasteiger charge is 2.39. The fraction of sp³-hybridized carbons (Fsp3) is 0.312.